The van der Waals surface area contributed by atoms with Crippen molar-refractivity contribution >= 4 is 11.0 Å². The summed E-state index contributed by atoms with van der Waals surface area (Å²) in [6.45, 7) is 5.79. The molecule has 0 spiro atoms. The molecule has 0 saturated heterocycles. The number of aromatic nitrogens is 4. The number of fused-ring (bicyclic) bond motifs is 1. The molecule has 0 radical (unpaired) electrons. The number of aliphatic hydroxyl groups excluding tert-OH is 1. The lowest BCUT2D eigenvalue weighted by molar-refractivity contribution is 0.220. The van der Waals surface area contributed by atoms with Crippen LogP contribution in [0.15, 0.2) is 42.9 Å². The smallest absolute Gasteiger partial charge is 0.157 e. The number of rotatable bonds is 8. The Labute approximate surface area is 147 Å². The number of nitrogens with zero attached hydrogens (tertiary/aromatic N) is 4. The maximum Gasteiger partial charge on any atom is 0.157 e. The highest BCUT2D eigenvalue weighted by Crippen LogP contribution is 2.16. The first-order valence-corrected chi connectivity index (χ1v) is 8.71. The number of hydrogen-bond acceptors (Lipinski definition) is 5. The third kappa shape index (κ3) is 4.41. The van der Waals surface area contributed by atoms with E-state index in [1.54, 1.807) is 6.20 Å². The van der Waals surface area contributed by atoms with Crippen molar-refractivity contribution in [3.05, 3.63) is 54.1 Å². The van der Waals surface area contributed by atoms with Crippen LogP contribution < -0.4 is 5.32 Å². The molecule has 1 unspecified atom stereocenters. The Morgan fingerprint density at radius 1 is 1.20 bits per heavy atom. The van der Waals surface area contributed by atoms with Crippen LogP contribution in [0, 0.1) is 5.92 Å². The SMILES string of the molecule is CC(C)n1ncc2cc(CNCC(CO)Cc3ccccn3)cnc21. The fraction of sp³-hybridized carbons (Fsp3) is 0.421. The van der Waals surface area contributed by atoms with Crippen LogP contribution in [0.4, 0.5) is 0 Å². The van der Waals surface area contributed by atoms with Gasteiger partial charge in [-0.2, -0.15) is 5.10 Å². The van der Waals surface area contributed by atoms with E-state index in [4.69, 9.17) is 0 Å². The molecule has 0 saturated carbocycles. The summed E-state index contributed by atoms with van der Waals surface area (Å²) in [5.74, 6) is 0.148. The Kier molecular flexibility index (Phi) is 5.73. The van der Waals surface area contributed by atoms with Crippen molar-refractivity contribution in [1.29, 1.82) is 0 Å². The van der Waals surface area contributed by atoms with E-state index in [1.165, 1.54) is 0 Å². The maximum absolute atomic E-state index is 9.59. The molecule has 1 atom stereocenters. The van der Waals surface area contributed by atoms with Crippen LogP contribution in [0.3, 0.4) is 0 Å². The molecule has 0 aliphatic carbocycles. The zero-order chi connectivity index (χ0) is 17.6. The zero-order valence-corrected chi connectivity index (χ0v) is 14.8. The van der Waals surface area contributed by atoms with Gasteiger partial charge in [0.15, 0.2) is 5.65 Å². The van der Waals surface area contributed by atoms with Crippen LogP contribution in [0.1, 0.15) is 31.1 Å². The molecule has 3 aromatic heterocycles. The lowest BCUT2D eigenvalue weighted by Crippen LogP contribution is -2.26. The average molecular weight is 339 g/mol. The minimum Gasteiger partial charge on any atom is -0.396 e. The molecule has 0 fully saturated rings. The predicted octanol–water partition coefficient (Wildman–Crippen LogP) is 2.35. The van der Waals surface area contributed by atoms with Gasteiger partial charge in [-0.1, -0.05) is 6.07 Å². The molecule has 2 N–H and O–H groups in total. The molecule has 0 aromatic carbocycles. The number of hydrogen-bond donors (Lipinski definition) is 2. The van der Waals surface area contributed by atoms with E-state index in [-0.39, 0.29) is 12.5 Å². The topological polar surface area (TPSA) is 75.9 Å². The van der Waals surface area contributed by atoms with Crippen LogP contribution in [-0.4, -0.2) is 38.0 Å². The summed E-state index contributed by atoms with van der Waals surface area (Å²) in [6.07, 6.45) is 6.31. The van der Waals surface area contributed by atoms with Crippen molar-refractivity contribution in [2.45, 2.75) is 32.9 Å². The van der Waals surface area contributed by atoms with Gasteiger partial charge in [0, 0.05) is 49.2 Å². The molecule has 6 heteroatoms. The molecular weight excluding hydrogens is 314 g/mol. The van der Waals surface area contributed by atoms with E-state index in [1.807, 2.05) is 35.3 Å². The molecule has 0 aliphatic heterocycles. The maximum atomic E-state index is 9.59. The highest BCUT2D eigenvalue weighted by molar-refractivity contribution is 5.75. The molecular formula is C19H25N5O. The first kappa shape index (κ1) is 17.5. The van der Waals surface area contributed by atoms with E-state index in [0.717, 1.165) is 35.3 Å². The van der Waals surface area contributed by atoms with Gasteiger partial charge >= 0.3 is 0 Å². The quantitative estimate of drug-likeness (QED) is 0.659. The van der Waals surface area contributed by atoms with Gasteiger partial charge in [-0.25, -0.2) is 9.67 Å². The Balaban J connectivity index is 1.56. The molecule has 0 bridgehead atoms. The van der Waals surface area contributed by atoms with E-state index < -0.39 is 0 Å². The minimum absolute atomic E-state index is 0.141. The highest BCUT2D eigenvalue weighted by Gasteiger charge is 2.10. The van der Waals surface area contributed by atoms with Crippen LogP contribution in [0.5, 0.6) is 0 Å². The summed E-state index contributed by atoms with van der Waals surface area (Å²) in [6, 6.07) is 8.29. The summed E-state index contributed by atoms with van der Waals surface area (Å²) < 4.78 is 1.93. The van der Waals surface area contributed by atoms with Crippen molar-refractivity contribution in [2.75, 3.05) is 13.2 Å². The number of nitrogens with one attached hydrogen (secondary N) is 1. The molecule has 6 nitrogen and oxygen atoms in total. The van der Waals surface area contributed by atoms with Gasteiger partial charge in [0.25, 0.3) is 0 Å². The Morgan fingerprint density at radius 3 is 2.80 bits per heavy atom. The summed E-state index contributed by atoms with van der Waals surface area (Å²) in [5, 5.41) is 18.5. The Hall–Kier alpha value is -2.31. The first-order chi connectivity index (χ1) is 12.2. The Morgan fingerprint density at radius 2 is 2.08 bits per heavy atom. The molecule has 0 amide bonds. The predicted molar refractivity (Wildman–Crippen MR) is 98.1 cm³/mol. The molecule has 132 valence electrons. The van der Waals surface area contributed by atoms with Crippen molar-refractivity contribution < 1.29 is 5.11 Å². The largest absolute Gasteiger partial charge is 0.396 e. The monoisotopic (exact) mass is 339 g/mol. The zero-order valence-electron chi connectivity index (χ0n) is 14.8. The Bertz CT molecular complexity index is 800. The highest BCUT2D eigenvalue weighted by atomic mass is 16.3. The van der Waals surface area contributed by atoms with Gasteiger partial charge < -0.3 is 10.4 Å². The van der Waals surface area contributed by atoms with E-state index >= 15 is 0 Å². The molecule has 3 rings (SSSR count). The summed E-state index contributed by atoms with van der Waals surface area (Å²) in [4.78, 5) is 8.87. The van der Waals surface area contributed by atoms with Gasteiger partial charge in [-0.3, -0.25) is 4.98 Å². The standard InChI is InChI=1S/C19H25N5O/c1-14(2)24-19-17(12-23-24)7-15(11-22-19)9-20-10-16(13-25)8-18-5-3-4-6-21-18/h3-7,11-12,14,16,20,25H,8-10,13H2,1-2H3. The fourth-order valence-electron chi connectivity index (χ4n) is 2.90. The second-order valence-corrected chi connectivity index (χ2v) is 6.64. The van der Waals surface area contributed by atoms with Gasteiger partial charge in [0.05, 0.1) is 6.20 Å². The van der Waals surface area contributed by atoms with E-state index in [0.29, 0.717) is 12.6 Å². The lowest BCUT2D eigenvalue weighted by atomic mass is 10.0. The lowest BCUT2D eigenvalue weighted by Gasteiger charge is -2.14. The van der Waals surface area contributed by atoms with Gasteiger partial charge in [-0.05, 0) is 49.9 Å². The van der Waals surface area contributed by atoms with Crippen molar-refractivity contribution in [3.63, 3.8) is 0 Å². The molecule has 0 aliphatic rings. The molecule has 25 heavy (non-hydrogen) atoms. The summed E-state index contributed by atoms with van der Waals surface area (Å²) in [5.41, 5.74) is 3.04. The van der Waals surface area contributed by atoms with E-state index in [2.05, 4.69) is 40.3 Å². The fourth-order valence-corrected chi connectivity index (χ4v) is 2.90. The third-order valence-electron chi connectivity index (χ3n) is 4.22. The normalized spacial score (nSPS) is 12.8. The first-order valence-electron chi connectivity index (χ1n) is 8.71. The van der Waals surface area contributed by atoms with Crippen LogP contribution in [-0.2, 0) is 13.0 Å². The van der Waals surface area contributed by atoms with Crippen LogP contribution >= 0.6 is 0 Å². The van der Waals surface area contributed by atoms with Crippen LogP contribution in [0.25, 0.3) is 11.0 Å². The van der Waals surface area contributed by atoms with Crippen molar-refractivity contribution in [2.24, 2.45) is 5.92 Å². The summed E-state index contributed by atoms with van der Waals surface area (Å²) >= 11 is 0. The van der Waals surface area contributed by atoms with Gasteiger partial charge in [-0.15, -0.1) is 0 Å². The van der Waals surface area contributed by atoms with Crippen molar-refractivity contribution in [1.82, 2.24) is 25.1 Å². The average Bonchev–Trinajstić information content (AvgIpc) is 3.05. The van der Waals surface area contributed by atoms with Gasteiger partial charge in [0.1, 0.15) is 0 Å². The molecule has 3 aromatic rings. The molecule has 3 heterocycles. The summed E-state index contributed by atoms with van der Waals surface area (Å²) in [7, 11) is 0. The van der Waals surface area contributed by atoms with Gasteiger partial charge in [0.2, 0.25) is 0 Å². The number of pyridine rings is 2. The third-order valence-corrected chi connectivity index (χ3v) is 4.22. The minimum atomic E-state index is 0.141. The second kappa shape index (κ2) is 8.18. The van der Waals surface area contributed by atoms with Crippen molar-refractivity contribution in [3.8, 4) is 0 Å². The number of aliphatic hydroxyl groups is 1. The van der Waals surface area contributed by atoms with E-state index in [9.17, 15) is 5.11 Å². The second-order valence-electron chi connectivity index (χ2n) is 6.64. The van der Waals surface area contributed by atoms with Crippen LogP contribution in [0.2, 0.25) is 0 Å².